The molecule has 0 aliphatic rings. The molecule has 1 atom stereocenters. The third-order valence-electron chi connectivity index (χ3n) is 3.21. The van der Waals surface area contributed by atoms with Crippen LogP contribution in [0.25, 0.3) is 0 Å². The molecule has 0 fully saturated rings. The first-order valence-electron chi connectivity index (χ1n) is 6.97. The number of hydrogen-bond donors (Lipinski definition) is 1. The van der Waals surface area contributed by atoms with Crippen LogP contribution in [-0.2, 0) is 0 Å². The zero-order chi connectivity index (χ0) is 15.2. The van der Waals surface area contributed by atoms with E-state index in [9.17, 15) is 4.39 Å². The van der Waals surface area contributed by atoms with Crippen LogP contribution in [0.5, 0.6) is 11.5 Å². The Morgan fingerprint density at radius 3 is 2.48 bits per heavy atom. The van der Waals surface area contributed by atoms with E-state index in [1.165, 1.54) is 6.07 Å². The molecular formula is C17H20FNO2. The van der Waals surface area contributed by atoms with Crippen molar-refractivity contribution in [3.8, 4) is 11.5 Å². The van der Waals surface area contributed by atoms with Gasteiger partial charge in [0.25, 0.3) is 0 Å². The highest BCUT2D eigenvalue weighted by Crippen LogP contribution is 2.30. The Labute approximate surface area is 124 Å². The molecule has 0 heterocycles. The van der Waals surface area contributed by atoms with E-state index in [-0.39, 0.29) is 11.9 Å². The van der Waals surface area contributed by atoms with Crippen molar-refractivity contribution in [1.29, 1.82) is 0 Å². The summed E-state index contributed by atoms with van der Waals surface area (Å²) in [5, 5.41) is 3.27. The Balaban J connectivity index is 2.16. The Hall–Kier alpha value is -2.23. The van der Waals surface area contributed by atoms with E-state index in [4.69, 9.17) is 9.47 Å². The molecule has 2 aromatic carbocycles. The van der Waals surface area contributed by atoms with Crippen LogP contribution in [0, 0.1) is 5.82 Å². The molecule has 0 radical (unpaired) electrons. The summed E-state index contributed by atoms with van der Waals surface area (Å²) in [6.07, 6.45) is 0. The number of hydrogen-bond acceptors (Lipinski definition) is 3. The van der Waals surface area contributed by atoms with Gasteiger partial charge in [-0.3, -0.25) is 0 Å². The summed E-state index contributed by atoms with van der Waals surface area (Å²) in [6, 6.07) is 12.2. The SMILES string of the molecule is CCOc1ccc(NC(C)c2c(F)cccc2OC)cc1. The van der Waals surface area contributed by atoms with E-state index in [1.54, 1.807) is 19.2 Å². The van der Waals surface area contributed by atoms with Crippen molar-refractivity contribution in [2.45, 2.75) is 19.9 Å². The van der Waals surface area contributed by atoms with E-state index in [0.29, 0.717) is 17.9 Å². The van der Waals surface area contributed by atoms with Gasteiger partial charge in [0.1, 0.15) is 17.3 Å². The molecule has 112 valence electrons. The minimum atomic E-state index is -0.278. The van der Waals surface area contributed by atoms with E-state index in [0.717, 1.165) is 11.4 Å². The highest BCUT2D eigenvalue weighted by atomic mass is 19.1. The summed E-state index contributed by atoms with van der Waals surface area (Å²) >= 11 is 0. The lowest BCUT2D eigenvalue weighted by Crippen LogP contribution is -2.10. The summed E-state index contributed by atoms with van der Waals surface area (Å²) in [6.45, 7) is 4.48. The van der Waals surface area contributed by atoms with Gasteiger partial charge in [0.2, 0.25) is 0 Å². The van der Waals surface area contributed by atoms with Crippen molar-refractivity contribution >= 4 is 5.69 Å². The van der Waals surface area contributed by atoms with Crippen molar-refractivity contribution < 1.29 is 13.9 Å². The van der Waals surface area contributed by atoms with Crippen molar-refractivity contribution in [2.24, 2.45) is 0 Å². The van der Waals surface area contributed by atoms with Gasteiger partial charge in [-0.25, -0.2) is 4.39 Å². The summed E-state index contributed by atoms with van der Waals surface area (Å²) in [7, 11) is 1.54. The minimum Gasteiger partial charge on any atom is -0.496 e. The Morgan fingerprint density at radius 1 is 1.14 bits per heavy atom. The second kappa shape index (κ2) is 6.97. The van der Waals surface area contributed by atoms with E-state index >= 15 is 0 Å². The van der Waals surface area contributed by atoms with Gasteiger partial charge in [0.05, 0.1) is 25.3 Å². The monoisotopic (exact) mass is 289 g/mol. The summed E-state index contributed by atoms with van der Waals surface area (Å²) in [5.74, 6) is 1.08. The molecule has 0 aliphatic carbocycles. The van der Waals surface area contributed by atoms with Gasteiger partial charge >= 0.3 is 0 Å². The number of methoxy groups -OCH3 is 1. The Kier molecular flexibility index (Phi) is 5.04. The molecule has 2 aromatic rings. The number of ether oxygens (including phenoxy) is 2. The maximum absolute atomic E-state index is 14.0. The predicted octanol–water partition coefficient (Wildman–Crippen LogP) is 4.41. The number of anilines is 1. The topological polar surface area (TPSA) is 30.5 Å². The lowest BCUT2D eigenvalue weighted by molar-refractivity contribution is 0.340. The van der Waals surface area contributed by atoms with Gasteiger partial charge in [-0.15, -0.1) is 0 Å². The average Bonchev–Trinajstić information content (AvgIpc) is 2.49. The van der Waals surface area contributed by atoms with Gasteiger partial charge in [-0.2, -0.15) is 0 Å². The average molecular weight is 289 g/mol. The molecule has 0 saturated carbocycles. The second-order valence-corrected chi connectivity index (χ2v) is 4.68. The second-order valence-electron chi connectivity index (χ2n) is 4.68. The Bertz CT molecular complexity index is 584. The van der Waals surface area contributed by atoms with Crippen molar-refractivity contribution in [1.82, 2.24) is 0 Å². The molecule has 21 heavy (non-hydrogen) atoms. The van der Waals surface area contributed by atoms with Crippen molar-refractivity contribution in [3.63, 3.8) is 0 Å². The quantitative estimate of drug-likeness (QED) is 0.854. The van der Waals surface area contributed by atoms with Crippen LogP contribution in [-0.4, -0.2) is 13.7 Å². The molecule has 0 saturated heterocycles. The first-order chi connectivity index (χ1) is 10.2. The summed E-state index contributed by atoms with van der Waals surface area (Å²) in [4.78, 5) is 0. The maximum atomic E-state index is 14.0. The van der Waals surface area contributed by atoms with Gasteiger partial charge in [-0.1, -0.05) is 6.07 Å². The molecule has 4 heteroatoms. The van der Waals surface area contributed by atoms with Gasteiger partial charge < -0.3 is 14.8 Å². The van der Waals surface area contributed by atoms with Crippen LogP contribution in [0.15, 0.2) is 42.5 Å². The molecule has 0 bridgehead atoms. The highest BCUT2D eigenvalue weighted by molar-refractivity contribution is 5.50. The van der Waals surface area contributed by atoms with Crippen LogP contribution < -0.4 is 14.8 Å². The minimum absolute atomic E-state index is 0.209. The van der Waals surface area contributed by atoms with Crippen LogP contribution in [0.2, 0.25) is 0 Å². The molecule has 2 rings (SSSR count). The maximum Gasteiger partial charge on any atom is 0.132 e. The standard InChI is InChI=1S/C17H20FNO2/c1-4-21-14-10-8-13(9-11-14)19-12(2)17-15(18)6-5-7-16(17)20-3/h5-12,19H,4H2,1-3H3. The fourth-order valence-corrected chi connectivity index (χ4v) is 2.25. The lowest BCUT2D eigenvalue weighted by Gasteiger charge is -2.19. The van der Waals surface area contributed by atoms with Gasteiger partial charge in [-0.05, 0) is 50.2 Å². The fraction of sp³-hybridized carbons (Fsp3) is 0.294. The largest absolute Gasteiger partial charge is 0.496 e. The molecule has 1 unspecified atom stereocenters. The van der Waals surface area contributed by atoms with Crippen LogP contribution >= 0.6 is 0 Å². The van der Waals surface area contributed by atoms with E-state index < -0.39 is 0 Å². The van der Waals surface area contributed by atoms with Crippen molar-refractivity contribution in [3.05, 3.63) is 53.8 Å². The first kappa shape index (κ1) is 15.2. The highest BCUT2D eigenvalue weighted by Gasteiger charge is 2.16. The lowest BCUT2D eigenvalue weighted by atomic mass is 10.1. The van der Waals surface area contributed by atoms with Crippen LogP contribution in [0.4, 0.5) is 10.1 Å². The summed E-state index contributed by atoms with van der Waals surface area (Å²) in [5.41, 5.74) is 1.42. The zero-order valence-electron chi connectivity index (χ0n) is 12.5. The van der Waals surface area contributed by atoms with E-state index in [2.05, 4.69) is 5.32 Å². The molecule has 3 nitrogen and oxygen atoms in total. The van der Waals surface area contributed by atoms with Crippen molar-refractivity contribution in [2.75, 3.05) is 19.0 Å². The predicted molar refractivity (Wildman–Crippen MR) is 82.6 cm³/mol. The molecule has 0 aliphatic heterocycles. The number of benzene rings is 2. The molecule has 0 aromatic heterocycles. The third-order valence-corrected chi connectivity index (χ3v) is 3.21. The number of nitrogens with one attached hydrogen (secondary N) is 1. The van der Waals surface area contributed by atoms with Crippen LogP contribution in [0.1, 0.15) is 25.5 Å². The Morgan fingerprint density at radius 2 is 1.86 bits per heavy atom. The van der Waals surface area contributed by atoms with Gasteiger partial charge in [0, 0.05) is 5.69 Å². The van der Waals surface area contributed by atoms with Gasteiger partial charge in [0.15, 0.2) is 0 Å². The fourth-order valence-electron chi connectivity index (χ4n) is 2.25. The third kappa shape index (κ3) is 3.66. The number of rotatable bonds is 6. The first-order valence-corrected chi connectivity index (χ1v) is 6.97. The van der Waals surface area contributed by atoms with E-state index in [1.807, 2.05) is 38.1 Å². The normalized spacial score (nSPS) is 11.8. The molecule has 0 amide bonds. The zero-order valence-corrected chi connectivity index (χ0v) is 12.5. The molecule has 0 spiro atoms. The summed E-state index contributed by atoms with van der Waals surface area (Å²) < 4.78 is 24.6. The number of halogens is 1. The van der Waals surface area contributed by atoms with Crippen LogP contribution in [0.3, 0.4) is 0 Å². The molecular weight excluding hydrogens is 269 g/mol. The smallest absolute Gasteiger partial charge is 0.132 e. The molecule has 1 N–H and O–H groups in total.